The van der Waals surface area contributed by atoms with E-state index in [0.717, 1.165) is 37.1 Å². The third-order valence-corrected chi connectivity index (χ3v) is 4.97. The number of para-hydroxylation sites is 2. The Morgan fingerprint density at radius 2 is 1.75 bits per heavy atom. The van der Waals surface area contributed by atoms with Crippen LogP contribution in [0.1, 0.15) is 30.0 Å². The minimum absolute atomic E-state index is 0.488. The van der Waals surface area contributed by atoms with E-state index in [1.54, 1.807) is 0 Å². The molecule has 120 valence electrons. The zero-order valence-corrected chi connectivity index (χ0v) is 13.8. The molecule has 0 amide bonds. The van der Waals surface area contributed by atoms with Gasteiger partial charge in [-0.05, 0) is 51.2 Å². The molecule has 0 N–H and O–H groups in total. The number of hydrogen-bond donors (Lipinski definition) is 0. The third kappa shape index (κ3) is 2.47. The lowest BCUT2D eigenvalue weighted by atomic mass is 9.92. The highest BCUT2D eigenvalue weighted by Gasteiger charge is 2.24. The van der Waals surface area contributed by atoms with Crippen molar-refractivity contribution in [3.63, 3.8) is 0 Å². The standard InChI is InChI=1S/C20H20N4/c1-23-12-10-15(11-13-23)20-17-7-3-5-9-19(17)24(22-20)18-8-4-2-6-16(18)14-21/h2-9,15H,10-13H2,1H3. The molecule has 3 aromatic rings. The van der Waals surface area contributed by atoms with Gasteiger partial charge in [0.1, 0.15) is 6.07 Å². The van der Waals surface area contributed by atoms with E-state index >= 15 is 0 Å². The molecule has 0 saturated carbocycles. The normalized spacial score (nSPS) is 16.3. The number of aromatic nitrogens is 2. The smallest absolute Gasteiger partial charge is 0.101 e. The predicted molar refractivity (Wildman–Crippen MR) is 95.3 cm³/mol. The second-order valence-corrected chi connectivity index (χ2v) is 6.52. The van der Waals surface area contributed by atoms with Gasteiger partial charge in [0, 0.05) is 11.3 Å². The highest BCUT2D eigenvalue weighted by Crippen LogP contribution is 2.33. The molecule has 2 aromatic carbocycles. The zero-order valence-electron chi connectivity index (χ0n) is 13.8. The van der Waals surface area contributed by atoms with Gasteiger partial charge in [0.15, 0.2) is 0 Å². The van der Waals surface area contributed by atoms with Gasteiger partial charge in [0.05, 0.1) is 22.5 Å². The first-order valence-corrected chi connectivity index (χ1v) is 8.43. The van der Waals surface area contributed by atoms with E-state index in [1.807, 2.05) is 35.0 Å². The average molecular weight is 316 g/mol. The Morgan fingerprint density at radius 3 is 2.54 bits per heavy atom. The molecule has 1 aliphatic rings. The fourth-order valence-corrected chi connectivity index (χ4v) is 3.61. The summed E-state index contributed by atoms with van der Waals surface area (Å²) in [5.41, 5.74) is 3.76. The molecule has 24 heavy (non-hydrogen) atoms. The van der Waals surface area contributed by atoms with Gasteiger partial charge in [-0.1, -0.05) is 30.3 Å². The van der Waals surface area contributed by atoms with Crippen molar-refractivity contribution in [2.75, 3.05) is 20.1 Å². The van der Waals surface area contributed by atoms with Crippen molar-refractivity contribution in [2.45, 2.75) is 18.8 Å². The molecule has 0 spiro atoms. The SMILES string of the molecule is CN1CCC(c2nn(-c3ccccc3C#N)c3ccccc23)CC1. The highest BCUT2D eigenvalue weighted by molar-refractivity contribution is 5.84. The van der Waals surface area contributed by atoms with E-state index in [4.69, 9.17) is 5.10 Å². The summed E-state index contributed by atoms with van der Waals surface area (Å²) in [6.07, 6.45) is 2.27. The van der Waals surface area contributed by atoms with Crippen LogP contribution < -0.4 is 0 Å². The Balaban J connectivity index is 1.87. The van der Waals surface area contributed by atoms with Crippen LogP contribution in [0.25, 0.3) is 16.6 Å². The number of rotatable bonds is 2. The Bertz CT molecular complexity index is 911. The Kier molecular flexibility index (Phi) is 3.79. The summed E-state index contributed by atoms with van der Waals surface area (Å²) in [6.45, 7) is 2.22. The molecule has 0 radical (unpaired) electrons. The van der Waals surface area contributed by atoms with Gasteiger partial charge in [-0.25, -0.2) is 4.68 Å². The summed E-state index contributed by atoms with van der Waals surface area (Å²) in [6, 6.07) is 18.3. The van der Waals surface area contributed by atoms with Crippen molar-refractivity contribution >= 4 is 10.9 Å². The molecular weight excluding hydrogens is 296 g/mol. The van der Waals surface area contributed by atoms with Gasteiger partial charge in [-0.3, -0.25) is 0 Å². The summed E-state index contributed by atoms with van der Waals surface area (Å²) >= 11 is 0. The van der Waals surface area contributed by atoms with Crippen molar-refractivity contribution in [1.29, 1.82) is 5.26 Å². The number of fused-ring (bicyclic) bond motifs is 1. The Morgan fingerprint density at radius 1 is 1.04 bits per heavy atom. The summed E-state index contributed by atoms with van der Waals surface area (Å²) in [5.74, 6) is 0.488. The molecule has 2 heterocycles. The topological polar surface area (TPSA) is 44.9 Å². The number of nitriles is 1. The first kappa shape index (κ1) is 14.9. The summed E-state index contributed by atoms with van der Waals surface area (Å²) in [7, 11) is 2.18. The number of piperidine rings is 1. The maximum Gasteiger partial charge on any atom is 0.101 e. The molecule has 4 heteroatoms. The highest BCUT2D eigenvalue weighted by atomic mass is 15.3. The number of nitrogens with zero attached hydrogens (tertiary/aromatic N) is 4. The van der Waals surface area contributed by atoms with Crippen LogP contribution in [0.15, 0.2) is 48.5 Å². The lowest BCUT2D eigenvalue weighted by molar-refractivity contribution is 0.253. The number of likely N-dealkylation sites (tertiary alicyclic amines) is 1. The fraction of sp³-hybridized carbons (Fsp3) is 0.300. The zero-order chi connectivity index (χ0) is 16.5. The monoisotopic (exact) mass is 316 g/mol. The van der Waals surface area contributed by atoms with E-state index < -0.39 is 0 Å². The Hall–Kier alpha value is -2.64. The molecule has 1 aromatic heterocycles. The van der Waals surface area contributed by atoms with Crippen LogP contribution in [0.3, 0.4) is 0 Å². The minimum Gasteiger partial charge on any atom is -0.306 e. The van der Waals surface area contributed by atoms with Crippen LogP contribution in [0, 0.1) is 11.3 Å². The van der Waals surface area contributed by atoms with Crippen LogP contribution in [0.2, 0.25) is 0 Å². The number of benzene rings is 2. The molecule has 0 aliphatic carbocycles. The van der Waals surface area contributed by atoms with Gasteiger partial charge < -0.3 is 4.90 Å². The van der Waals surface area contributed by atoms with Crippen molar-refractivity contribution < 1.29 is 0 Å². The second-order valence-electron chi connectivity index (χ2n) is 6.52. The largest absolute Gasteiger partial charge is 0.306 e. The van der Waals surface area contributed by atoms with E-state index in [-0.39, 0.29) is 0 Å². The van der Waals surface area contributed by atoms with Gasteiger partial charge in [-0.15, -0.1) is 0 Å². The lowest BCUT2D eigenvalue weighted by Gasteiger charge is -2.28. The van der Waals surface area contributed by atoms with E-state index in [2.05, 4.69) is 36.2 Å². The van der Waals surface area contributed by atoms with Gasteiger partial charge >= 0.3 is 0 Å². The van der Waals surface area contributed by atoms with Crippen LogP contribution in [0.4, 0.5) is 0 Å². The van der Waals surface area contributed by atoms with Gasteiger partial charge in [0.2, 0.25) is 0 Å². The first-order valence-electron chi connectivity index (χ1n) is 8.43. The summed E-state index contributed by atoms with van der Waals surface area (Å²) in [4.78, 5) is 2.38. The van der Waals surface area contributed by atoms with Crippen molar-refractivity contribution in [1.82, 2.24) is 14.7 Å². The quantitative estimate of drug-likeness (QED) is 0.724. The Labute approximate surface area is 141 Å². The molecular formula is C20H20N4. The fourth-order valence-electron chi connectivity index (χ4n) is 3.61. The van der Waals surface area contributed by atoms with Gasteiger partial charge in [0.25, 0.3) is 0 Å². The van der Waals surface area contributed by atoms with E-state index in [9.17, 15) is 5.26 Å². The van der Waals surface area contributed by atoms with Crippen LogP contribution in [0.5, 0.6) is 0 Å². The van der Waals surface area contributed by atoms with Crippen molar-refractivity contribution in [3.05, 3.63) is 59.8 Å². The molecule has 1 fully saturated rings. The molecule has 1 saturated heterocycles. The summed E-state index contributed by atoms with van der Waals surface area (Å²) < 4.78 is 1.95. The molecule has 0 bridgehead atoms. The van der Waals surface area contributed by atoms with E-state index in [0.29, 0.717) is 11.5 Å². The molecule has 0 atom stereocenters. The minimum atomic E-state index is 0.488. The predicted octanol–water partition coefficient (Wildman–Crippen LogP) is 3.71. The molecule has 1 aliphatic heterocycles. The second kappa shape index (κ2) is 6.10. The van der Waals surface area contributed by atoms with Gasteiger partial charge in [-0.2, -0.15) is 10.4 Å². The van der Waals surface area contributed by atoms with Crippen LogP contribution in [-0.2, 0) is 0 Å². The summed E-state index contributed by atoms with van der Waals surface area (Å²) in [5, 5.41) is 15.6. The van der Waals surface area contributed by atoms with Crippen molar-refractivity contribution in [2.24, 2.45) is 0 Å². The van der Waals surface area contributed by atoms with Crippen LogP contribution >= 0.6 is 0 Å². The van der Waals surface area contributed by atoms with Crippen LogP contribution in [-0.4, -0.2) is 34.8 Å². The number of hydrogen-bond acceptors (Lipinski definition) is 3. The van der Waals surface area contributed by atoms with E-state index in [1.165, 1.54) is 11.1 Å². The molecule has 4 nitrogen and oxygen atoms in total. The van der Waals surface area contributed by atoms with Crippen molar-refractivity contribution in [3.8, 4) is 11.8 Å². The maximum atomic E-state index is 9.44. The average Bonchev–Trinajstić information content (AvgIpc) is 3.02. The third-order valence-electron chi connectivity index (χ3n) is 4.97. The first-order chi connectivity index (χ1) is 11.8. The molecule has 0 unspecified atom stereocenters. The molecule has 4 rings (SSSR count). The lowest BCUT2D eigenvalue weighted by Crippen LogP contribution is -2.29. The maximum absolute atomic E-state index is 9.44.